The fourth-order valence-electron chi connectivity index (χ4n) is 2.86. The van der Waals surface area contributed by atoms with Gasteiger partial charge in [0.25, 0.3) is 0 Å². The fourth-order valence-corrected chi connectivity index (χ4v) is 3.23. The first-order valence-corrected chi connectivity index (χ1v) is 8.04. The maximum atomic E-state index is 12.8. The van der Waals surface area contributed by atoms with Crippen LogP contribution in [-0.4, -0.2) is 5.91 Å². The van der Waals surface area contributed by atoms with Crippen molar-refractivity contribution >= 4 is 27.5 Å². The minimum atomic E-state index is -0.349. The van der Waals surface area contributed by atoms with Gasteiger partial charge in [0.05, 0.1) is 5.41 Å². The third kappa shape index (κ3) is 2.62. The van der Waals surface area contributed by atoms with Gasteiger partial charge in [0.15, 0.2) is 0 Å². The average Bonchev–Trinajstić information content (AvgIpc) is 2.43. The Morgan fingerprint density at radius 3 is 2.43 bits per heavy atom. The van der Waals surface area contributed by atoms with Crippen molar-refractivity contribution in [2.24, 2.45) is 0 Å². The minimum absolute atomic E-state index is 0.107. The molecule has 0 heterocycles. The number of hydrogen-bond acceptors (Lipinski definition) is 1. The summed E-state index contributed by atoms with van der Waals surface area (Å²) in [6.07, 6.45) is 2.96. The number of carbonyl (C=O) groups is 1. The molecule has 108 valence electrons. The number of rotatable bonds is 3. The molecule has 2 nitrogen and oxygen atoms in total. The second kappa shape index (κ2) is 5.64. The van der Waals surface area contributed by atoms with Gasteiger partial charge in [0.2, 0.25) is 5.91 Å². The van der Waals surface area contributed by atoms with Crippen LogP contribution >= 0.6 is 15.9 Å². The number of anilines is 1. The lowest BCUT2D eigenvalue weighted by atomic mass is 9.64. The van der Waals surface area contributed by atoms with Crippen LogP contribution in [0, 0.1) is 6.92 Å². The van der Waals surface area contributed by atoms with Crippen LogP contribution in [0.4, 0.5) is 5.69 Å². The smallest absolute Gasteiger partial charge is 0.235 e. The lowest BCUT2D eigenvalue weighted by Crippen LogP contribution is -2.45. The van der Waals surface area contributed by atoms with E-state index in [0.29, 0.717) is 0 Å². The van der Waals surface area contributed by atoms with E-state index in [4.69, 9.17) is 0 Å². The van der Waals surface area contributed by atoms with Crippen LogP contribution in [0.1, 0.15) is 30.4 Å². The first kappa shape index (κ1) is 14.3. The normalized spacial score (nSPS) is 16.1. The number of aryl methyl sites for hydroxylation is 1. The average molecular weight is 344 g/mol. The molecular formula is C18H18BrNO. The predicted molar refractivity (Wildman–Crippen MR) is 89.5 cm³/mol. The molecule has 0 aromatic heterocycles. The highest BCUT2D eigenvalue weighted by atomic mass is 79.9. The molecule has 1 aliphatic rings. The molecule has 2 aromatic rings. The topological polar surface area (TPSA) is 29.1 Å². The van der Waals surface area contributed by atoms with Gasteiger partial charge in [-0.3, -0.25) is 4.79 Å². The minimum Gasteiger partial charge on any atom is -0.325 e. The molecule has 0 spiro atoms. The lowest BCUT2D eigenvalue weighted by Gasteiger charge is -2.40. The molecule has 0 unspecified atom stereocenters. The zero-order chi connectivity index (χ0) is 14.9. The number of carbonyl (C=O) groups excluding carboxylic acids is 1. The summed E-state index contributed by atoms with van der Waals surface area (Å²) in [6, 6.07) is 16.0. The van der Waals surface area contributed by atoms with Gasteiger partial charge >= 0.3 is 0 Å². The van der Waals surface area contributed by atoms with Gasteiger partial charge in [-0.2, -0.15) is 0 Å². The molecule has 0 bridgehead atoms. The summed E-state index contributed by atoms with van der Waals surface area (Å²) in [5.41, 5.74) is 2.78. The molecular weight excluding hydrogens is 326 g/mol. The molecule has 2 aromatic carbocycles. The summed E-state index contributed by atoms with van der Waals surface area (Å²) in [6.45, 7) is 2.03. The predicted octanol–water partition coefficient (Wildman–Crippen LogP) is 4.82. The third-order valence-corrected chi connectivity index (χ3v) is 5.25. The molecule has 1 amide bonds. The van der Waals surface area contributed by atoms with Crippen molar-refractivity contribution in [1.29, 1.82) is 0 Å². The summed E-state index contributed by atoms with van der Waals surface area (Å²) < 4.78 is 1.02. The van der Waals surface area contributed by atoms with Gasteiger partial charge in [-0.15, -0.1) is 0 Å². The molecule has 1 saturated carbocycles. The Labute approximate surface area is 133 Å². The summed E-state index contributed by atoms with van der Waals surface area (Å²) in [5, 5.41) is 3.08. The quantitative estimate of drug-likeness (QED) is 0.850. The second-order valence-electron chi connectivity index (χ2n) is 5.72. The van der Waals surface area contributed by atoms with Crippen LogP contribution in [-0.2, 0) is 10.2 Å². The van der Waals surface area contributed by atoms with E-state index in [1.54, 1.807) is 0 Å². The van der Waals surface area contributed by atoms with Crippen molar-refractivity contribution in [1.82, 2.24) is 0 Å². The molecule has 0 radical (unpaired) electrons. The summed E-state index contributed by atoms with van der Waals surface area (Å²) >= 11 is 3.51. The van der Waals surface area contributed by atoms with Gasteiger partial charge in [-0.05, 0) is 43.0 Å². The van der Waals surface area contributed by atoms with Crippen LogP contribution < -0.4 is 5.32 Å². The first-order valence-electron chi connectivity index (χ1n) is 7.25. The van der Waals surface area contributed by atoms with Gasteiger partial charge in [0.1, 0.15) is 0 Å². The van der Waals surface area contributed by atoms with Crippen LogP contribution in [0.5, 0.6) is 0 Å². The number of hydrogen-bond donors (Lipinski definition) is 1. The Hall–Kier alpha value is -1.61. The van der Waals surface area contributed by atoms with E-state index in [1.807, 2.05) is 43.3 Å². The van der Waals surface area contributed by atoms with Gasteiger partial charge in [-0.1, -0.05) is 58.7 Å². The summed E-state index contributed by atoms with van der Waals surface area (Å²) in [7, 11) is 0. The van der Waals surface area contributed by atoms with E-state index < -0.39 is 0 Å². The highest BCUT2D eigenvalue weighted by molar-refractivity contribution is 9.10. The number of benzene rings is 2. The van der Waals surface area contributed by atoms with E-state index in [2.05, 4.69) is 33.4 Å². The molecule has 0 aliphatic heterocycles. The van der Waals surface area contributed by atoms with Crippen LogP contribution in [0.25, 0.3) is 0 Å². The Morgan fingerprint density at radius 1 is 1.14 bits per heavy atom. The summed E-state index contributed by atoms with van der Waals surface area (Å²) in [5.74, 6) is 0.107. The largest absolute Gasteiger partial charge is 0.325 e. The monoisotopic (exact) mass is 343 g/mol. The zero-order valence-corrected chi connectivity index (χ0v) is 13.6. The van der Waals surface area contributed by atoms with E-state index in [1.165, 1.54) is 0 Å². The molecule has 0 atom stereocenters. The molecule has 1 fully saturated rings. The Balaban J connectivity index is 1.85. The molecule has 1 aliphatic carbocycles. The highest BCUT2D eigenvalue weighted by Gasteiger charge is 2.45. The van der Waals surface area contributed by atoms with Crippen molar-refractivity contribution in [3.8, 4) is 0 Å². The van der Waals surface area contributed by atoms with E-state index in [9.17, 15) is 4.79 Å². The zero-order valence-electron chi connectivity index (χ0n) is 12.0. The number of amides is 1. The maximum absolute atomic E-state index is 12.8. The van der Waals surface area contributed by atoms with Crippen molar-refractivity contribution in [3.63, 3.8) is 0 Å². The van der Waals surface area contributed by atoms with Crippen LogP contribution in [0.2, 0.25) is 0 Å². The SMILES string of the molecule is Cc1ccc(NC(=O)C2(c3ccccc3)CCC2)cc1Br. The number of halogens is 1. The lowest BCUT2D eigenvalue weighted by molar-refractivity contribution is -0.124. The van der Waals surface area contributed by atoms with Gasteiger partial charge in [-0.25, -0.2) is 0 Å². The maximum Gasteiger partial charge on any atom is 0.235 e. The van der Waals surface area contributed by atoms with Crippen molar-refractivity contribution in [3.05, 3.63) is 64.1 Å². The molecule has 1 N–H and O–H groups in total. The second-order valence-corrected chi connectivity index (χ2v) is 6.57. The van der Waals surface area contributed by atoms with Gasteiger partial charge in [0, 0.05) is 10.2 Å². The van der Waals surface area contributed by atoms with E-state index >= 15 is 0 Å². The van der Waals surface area contributed by atoms with Gasteiger partial charge < -0.3 is 5.32 Å². The van der Waals surface area contributed by atoms with Crippen LogP contribution in [0.3, 0.4) is 0 Å². The highest BCUT2D eigenvalue weighted by Crippen LogP contribution is 2.44. The number of nitrogens with one attached hydrogen (secondary N) is 1. The van der Waals surface area contributed by atoms with E-state index in [0.717, 1.165) is 40.5 Å². The van der Waals surface area contributed by atoms with Crippen molar-refractivity contribution < 1.29 is 4.79 Å². The Morgan fingerprint density at radius 2 is 1.86 bits per heavy atom. The van der Waals surface area contributed by atoms with Crippen molar-refractivity contribution in [2.45, 2.75) is 31.6 Å². The van der Waals surface area contributed by atoms with Crippen molar-refractivity contribution in [2.75, 3.05) is 5.32 Å². The Kier molecular flexibility index (Phi) is 3.85. The van der Waals surface area contributed by atoms with Crippen LogP contribution in [0.15, 0.2) is 53.0 Å². The molecule has 0 saturated heterocycles. The molecule has 3 heteroatoms. The fraction of sp³-hybridized carbons (Fsp3) is 0.278. The molecule has 21 heavy (non-hydrogen) atoms. The van der Waals surface area contributed by atoms with E-state index in [-0.39, 0.29) is 11.3 Å². The first-order chi connectivity index (χ1) is 10.1. The standard InChI is InChI=1S/C18H18BrNO/c1-13-8-9-15(12-16(13)19)20-17(21)18(10-5-11-18)14-6-3-2-4-7-14/h2-4,6-9,12H,5,10-11H2,1H3,(H,20,21). The molecule has 3 rings (SSSR count). The Bertz CT molecular complexity index is 662. The third-order valence-electron chi connectivity index (χ3n) is 4.40. The summed E-state index contributed by atoms with van der Waals surface area (Å²) in [4.78, 5) is 12.8.